The topological polar surface area (TPSA) is 29.5 Å². The van der Waals surface area contributed by atoms with Gasteiger partial charge < -0.3 is 9.84 Å². The molecule has 1 aliphatic heterocycles. The molecule has 2 fully saturated rings. The molecule has 1 spiro atoms. The average molecular weight is 212 g/mol. The van der Waals surface area contributed by atoms with Crippen LogP contribution >= 0.6 is 0 Å². The van der Waals surface area contributed by atoms with E-state index in [1.807, 2.05) is 0 Å². The summed E-state index contributed by atoms with van der Waals surface area (Å²) >= 11 is 0. The van der Waals surface area contributed by atoms with Crippen LogP contribution in [0.1, 0.15) is 52.4 Å². The van der Waals surface area contributed by atoms with Crippen LogP contribution in [0, 0.1) is 11.8 Å². The second kappa shape index (κ2) is 4.42. The molecule has 15 heavy (non-hydrogen) atoms. The predicted octanol–water partition coefficient (Wildman–Crippen LogP) is 2.74. The van der Waals surface area contributed by atoms with Gasteiger partial charge in [-0.15, -0.1) is 0 Å². The Balaban J connectivity index is 1.97. The highest BCUT2D eigenvalue weighted by Gasteiger charge is 2.42. The maximum Gasteiger partial charge on any atom is 0.0686 e. The number of aliphatic hydroxyl groups excluding tert-OH is 1. The van der Waals surface area contributed by atoms with Crippen LogP contribution in [0.5, 0.6) is 0 Å². The van der Waals surface area contributed by atoms with Crippen molar-refractivity contribution >= 4 is 0 Å². The summed E-state index contributed by atoms with van der Waals surface area (Å²) in [5, 5.41) is 10.1. The number of hydrogen-bond acceptors (Lipinski definition) is 2. The van der Waals surface area contributed by atoms with E-state index in [1.54, 1.807) is 0 Å². The van der Waals surface area contributed by atoms with Crippen LogP contribution in [0.25, 0.3) is 0 Å². The minimum atomic E-state index is -0.133. The van der Waals surface area contributed by atoms with Gasteiger partial charge in [0.1, 0.15) is 0 Å². The Labute approximate surface area is 93.0 Å². The third-order valence-electron chi connectivity index (χ3n) is 4.21. The number of ether oxygens (including phenoxy) is 1. The van der Waals surface area contributed by atoms with E-state index in [2.05, 4.69) is 13.8 Å². The van der Waals surface area contributed by atoms with Gasteiger partial charge in [-0.3, -0.25) is 0 Å². The fourth-order valence-corrected chi connectivity index (χ4v) is 3.27. The predicted molar refractivity (Wildman–Crippen MR) is 60.7 cm³/mol. The van der Waals surface area contributed by atoms with E-state index in [9.17, 15) is 5.11 Å². The van der Waals surface area contributed by atoms with Crippen molar-refractivity contribution in [3.05, 3.63) is 0 Å². The zero-order chi connectivity index (χ0) is 10.9. The molecule has 2 atom stereocenters. The Morgan fingerprint density at radius 1 is 1.27 bits per heavy atom. The van der Waals surface area contributed by atoms with E-state index in [4.69, 9.17) is 4.74 Å². The van der Waals surface area contributed by atoms with Gasteiger partial charge in [0.15, 0.2) is 0 Å². The maximum atomic E-state index is 10.1. The van der Waals surface area contributed by atoms with Crippen molar-refractivity contribution in [3.63, 3.8) is 0 Å². The third kappa shape index (κ3) is 2.36. The summed E-state index contributed by atoms with van der Waals surface area (Å²) in [5.41, 5.74) is 0.152. The van der Waals surface area contributed by atoms with Crippen molar-refractivity contribution in [3.8, 4) is 0 Å². The van der Waals surface area contributed by atoms with E-state index >= 15 is 0 Å². The van der Waals surface area contributed by atoms with Gasteiger partial charge in [-0.05, 0) is 37.5 Å². The lowest BCUT2D eigenvalue weighted by atomic mass is 9.79. The zero-order valence-corrected chi connectivity index (χ0v) is 10.0. The van der Waals surface area contributed by atoms with Crippen LogP contribution in [-0.2, 0) is 4.74 Å². The van der Waals surface area contributed by atoms with Gasteiger partial charge in [0.25, 0.3) is 0 Å². The number of aliphatic hydroxyl groups is 1. The summed E-state index contributed by atoms with van der Waals surface area (Å²) in [6.45, 7) is 5.08. The Bertz CT molecular complexity index is 207. The van der Waals surface area contributed by atoms with Gasteiger partial charge in [-0.1, -0.05) is 26.7 Å². The molecule has 0 radical (unpaired) electrons. The van der Waals surface area contributed by atoms with Crippen LogP contribution in [0.15, 0.2) is 0 Å². The summed E-state index contributed by atoms with van der Waals surface area (Å²) in [6, 6.07) is 0. The fourth-order valence-electron chi connectivity index (χ4n) is 3.27. The van der Waals surface area contributed by atoms with Crippen molar-refractivity contribution in [2.24, 2.45) is 11.8 Å². The minimum absolute atomic E-state index is 0.133. The molecule has 88 valence electrons. The second-order valence-corrected chi connectivity index (χ2v) is 5.73. The van der Waals surface area contributed by atoms with Crippen molar-refractivity contribution in [1.29, 1.82) is 0 Å². The molecular weight excluding hydrogens is 188 g/mol. The first-order valence-corrected chi connectivity index (χ1v) is 6.45. The number of rotatable bonds is 2. The Kier molecular flexibility index (Phi) is 3.36. The molecule has 2 aliphatic rings. The molecule has 1 saturated carbocycles. The summed E-state index contributed by atoms with van der Waals surface area (Å²) in [4.78, 5) is 0. The molecule has 0 aromatic carbocycles. The number of hydrogen-bond donors (Lipinski definition) is 1. The smallest absolute Gasteiger partial charge is 0.0686 e. The van der Waals surface area contributed by atoms with Gasteiger partial charge >= 0.3 is 0 Å². The monoisotopic (exact) mass is 212 g/mol. The maximum absolute atomic E-state index is 10.1. The van der Waals surface area contributed by atoms with Crippen LogP contribution in [0.2, 0.25) is 0 Å². The summed E-state index contributed by atoms with van der Waals surface area (Å²) < 4.78 is 5.98. The minimum Gasteiger partial charge on any atom is -0.393 e. The van der Waals surface area contributed by atoms with Crippen LogP contribution < -0.4 is 0 Å². The SMILES string of the molecule is CC(C)C(O)C1CCOC2(CCCC2)C1. The molecule has 1 saturated heterocycles. The molecule has 2 unspecified atom stereocenters. The molecule has 2 heteroatoms. The van der Waals surface area contributed by atoms with E-state index in [-0.39, 0.29) is 11.7 Å². The van der Waals surface area contributed by atoms with Crippen LogP contribution in [-0.4, -0.2) is 23.4 Å². The molecule has 0 aromatic heterocycles. The van der Waals surface area contributed by atoms with Gasteiger partial charge in [0.05, 0.1) is 11.7 Å². The first-order chi connectivity index (χ1) is 7.13. The van der Waals surface area contributed by atoms with E-state index in [0.717, 1.165) is 19.4 Å². The zero-order valence-electron chi connectivity index (χ0n) is 10.0. The lowest BCUT2D eigenvalue weighted by Crippen LogP contribution is -2.42. The van der Waals surface area contributed by atoms with Gasteiger partial charge in [-0.25, -0.2) is 0 Å². The molecule has 1 heterocycles. The molecular formula is C13H24O2. The van der Waals surface area contributed by atoms with Gasteiger partial charge in [0, 0.05) is 6.61 Å². The molecule has 1 aliphatic carbocycles. The quantitative estimate of drug-likeness (QED) is 0.762. The highest BCUT2D eigenvalue weighted by atomic mass is 16.5. The molecule has 2 rings (SSSR count). The Hall–Kier alpha value is -0.0800. The first kappa shape index (κ1) is 11.4. The molecule has 1 N–H and O–H groups in total. The normalized spacial score (nSPS) is 32.4. The van der Waals surface area contributed by atoms with E-state index in [0.29, 0.717) is 11.8 Å². The Morgan fingerprint density at radius 2 is 1.93 bits per heavy atom. The third-order valence-corrected chi connectivity index (χ3v) is 4.21. The van der Waals surface area contributed by atoms with Crippen molar-refractivity contribution in [1.82, 2.24) is 0 Å². The highest BCUT2D eigenvalue weighted by Crippen LogP contribution is 2.43. The largest absolute Gasteiger partial charge is 0.393 e. The summed E-state index contributed by atoms with van der Waals surface area (Å²) in [6.07, 6.45) is 7.05. The van der Waals surface area contributed by atoms with Gasteiger partial charge in [-0.2, -0.15) is 0 Å². The van der Waals surface area contributed by atoms with Crippen molar-refractivity contribution < 1.29 is 9.84 Å². The van der Waals surface area contributed by atoms with Gasteiger partial charge in [0.2, 0.25) is 0 Å². The standard InChI is InChI=1S/C13H24O2/c1-10(2)12(14)11-5-8-15-13(9-11)6-3-4-7-13/h10-12,14H,3-9H2,1-2H3. The van der Waals surface area contributed by atoms with Crippen LogP contribution in [0.3, 0.4) is 0 Å². The lowest BCUT2D eigenvalue weighted by Gasteiger charge is -2.40. The summed E-state index contributed by atoms with van der Waals surface area (Å²) in [7, 11) is 0. The molecule has 0 amide bonds. The van der Waals surface area contributed by atoms with E-state index in [1.165, 1.54) is 25.7 Å². The first-order valence-electron chi connectivity index (χ1n) is 6.45. The molecule has 0 bridgehead atoms. The molecule has 0 aromatic rings. The fraction of sp³-hybridized carbons (Fsp3) is 1.00. The van der Waals surface area contributed by atoms with Crippen molar-refractivity contribution in [2.75, 3.05) is 6.61 Å². The molecule has 2 nitrogen and oxygen atoms in total. The van der Waals surface area contributed by atoms with E-state index < -0.39 is 0 Å². The highest BCUT2D eigenvalue weighted by molar-refractivity contribution is 4.93. The lowest BCUT2D eigenvalue weighted by molar-refractivity contribution is -0.118. The second-order valence-electron chi connectivity index (χ2n) is 5.73. The van der Waals surface area contributed by atoms with Crippen molar-refractivity contribution in [2.45, 2.75) is 64.1 Å². The van der Waals surface area contributed by atoms with Crippen LogP contribution in [0.4, 0.5) is 0 Å². The average Bonchev–Trinajstić information content (AvgIpc) is 2.65. The summed E-state index contributed by atoms with van der Waals surface area (Å²) in [5.74, 6) is 0.850. The Morgan fingerprint density at radius 3 is 2.53 bits per heavy atom.